The minimum absolute atomic E-state index is 0.0949. The largest absolute Gasteiger partial charge is 0.472 e. The molecule has 1 aromatic heterocycles. The summed E-state index contributed by atoms with van der Waals surface area (Å²) in [6.45, 7) is 0.565. The van der Waals surface area contributed by atoms with Gasteiger partial charge in [-0.3, -0.25) is 4.79 Å². The molecule has 1 atom stereocenters. The summed E-state index contributed by atoms with van der Waals surface area (Å²) >= 11 is 0. The number of furan rings is 1. The van der Waals surface area contributed by atoms with Crippen LogP contribution in [-0.4, -0.2) is 17.9 Å². The van der Waals surface area contributed by atoms with E-state index in [1.54, 1.807) is 24.5 Å². The van der Waals surface area contributed by atoms with E-state index in [9.17, 15) is 4.79 Å². The highest BCUT2D eigenvalue weighted by Gasteiger charge is 2.13. The van der Waals surface area contributed by atoms with E-state index in [4.69, 9.17) is 10.2 Å². The molecule has 0 radical (unpaired) electrons. The molecule has 1 amide bonds. The molecular formula is C16H20N2O2. The molecule has 2 aromatic rings. The standard InChI is InChI=1S/C16H20N2O2/c1-18(11-13-9-10-20-12-13)16(19)8-7-15(17)14-5-3-2-4-6-14/h2-6,9-10,12,15H,7-8,11,17H2,1H3. The fourth-order valence-corrected chi connectivity index (χ4v) is 2.08. The maximum atomic E-state index is 12.0. The van der Waals surface area contributed by atoms with E-state index < -0.39 is 0 Å². The molecule has 1 heterocycles. The lowest BCUT2D eigenvalue weighted by Crippen LogP contribution is -2.26. The van der Waals surface area contributed by atoms with Crippen LogP contribution in [0.4, 0.5) is 0 Å². The zero-order valence-electron chi connectivity index (χ0n) is 11.7. The van der Waals surface area contributed by atoms with Gasteiger partial charge in [0.15, 0.2) is 0 Å². The van der Waals surface area contributed by atoms with Gasteiger partial charge in [0.1, 0.15) is 0 Å². The Morgan fingerprint density at radius 3 is 2.70 bits per heavy atom. The highest BCUT2D eigenvalue weighted by atomic mass is 16.3. The van der Waals surface area contributed by atoms with Crippen molar-refractivity contribution in [2.75, 3.05) is 7.05 Å². The monoisotopic (exact) mass is 272 g/mol. The number of carbonyl (C=O) groups is 1. The molecule has 2 N–H and O–H groups in total. The van der Waals surface area contributed by atoms with Crippen molar-refractivity contribution < 1.29 is 9.21 Å². The summed E-state index contributed by atoms with van der Waals surface area (Å²) in [4.78, 5) is 13.7. The smallest absolute Gasteiger partial charge is 0.222 e. The number of amides is 1. The number of nitrogens with two attached hydrogens (primary N) is 1. The molecule has 1 aromatic carbocycles. The van der Waals surface area contributed by atoms with Gasteiger partial charge in [-0.15, -0.1) is 0 Å². The zero-order valence-corrected chi connectivity index (χ0v) is 11.7. The molecule has 20 heavy (non-hydrogen) atoms. The van der Waals surface area contributed by atoms with E-state index in [2.05, 4.69) is 0 Å². The fourth-order valence-electron chi connectivity index (χ4n) is 2.08. The molecular weight excluding hydrogens is 252 g/mol. The molecule has 0 bridgehead atoms. The molecule has 106 valence electrons. The van der Waals surface area contributed by atoms with Gasteiger partial charge >= 0.3 is 0 Å². The van der Waals surface area contributed by atoms with Gasteiger partial charge in [-0.05, 0) is 18.1 Å². The van der Waals surface area contributed by atoms with E-state index in [1.165, 1.54) is 0 Å². The first-order valence-corrected chi connectivity index (χ1v) is 6.72. The second-order valence-electron chi connectivity index (χ2n) is 4.94. The molecule has 0 aliphatic carbocycles. The molecule has 4 heteroatoms. The van der Waals surface area contributed by atoms with Crippen LogP contribution < -0.4 is 5.73 Å². The van der Waals surface area contributed by atoms with Crippen LogP contribution in [0.2, 0.25) is 0 Å². The van der Waals surface area contributed by atoms with Gasteiger partial charge in [-0.1, -0.05) is 30.3 Å². The highest BCUT2D eigenvalue weighted by molar-refractivity contribution is 5.75. The molecule has 1 unspecified atom stereocenters. The van der Waals surface area contributed by atoms with E-state index >= 15 is 0 Å². The summed E-state index contributed by atoms with van der Waals surface area (Å²) in [5.74, 6) is 0.0950. The summed E-state index contributed by atoms with van der Waals surface area (Å²) in [5.41, 5.74) is 8.15. The van der Waals surface area contributed by atoms with Crippen LogP contribution >= 0.6 is 0 Å². The third-order valence-electron chi connectivity index (χ3n) is 3.32. The molecule has 2 rings (SSSR count). The second kappa shape index (κ2) is 6.91. The Balaban J connectivity index is 1.80. The minimum atomic E-state index is -0.0949. The SMILES string of the molecule is CN(Cc1ccoc1)C(=O)CCC(N)c1ccccc1. The first-order valence-electron chi connectivity index (χ1n) is 6.72. The zero-order chi connectivity index (χ0) is 14.4. The summed E-state index contributed by atoms with van der Waals surface area (Å²) in [7, 11) is 1.80. The number of benzene rings is 1. The molecule has 0 spiro atoms. The predicted molar refractivity (Wildman–Crippen MR) is 77.8 cm³/mol. The van der Waals surface area contributed by atoms with Gasteiger partial charge in [0.25, 0.3) is 0 Å². The maximum Gasteiger partial charge on any atom is 0.222 e. The number of hydrogen-bond acceptors (Lipinski definition) is 3. The van der Waals surface area contributed by atoms with Gasteiger partial charge < -0.3 is 15.1 Å². The second-order valence-corrected chi connectivity index (χ2v) is 4.94. The van der Waals surface area contributed by atoms with Crippen molar-refractivity contribution in [3.63, 3.8) is 0 Å². The minimum Gasteiger partial charge on any atom is -0.472 e. The maximum absolute atomic E-state index is 12.0. The Morgan fingerprint density at radius 1 is 1.30 bits per heavy atom. The Morgan fingerprint density at radius 2 is 2.05 bits per heavy atom. The van der Waals surface area contributed by atoms with Gasteiger partial charge in [0.05, 0.1) is 12.5 Å². The van der Waals surface area contributed by atoms with Gasteiger partial charge in [0.2, 0.25) is 5.91 Å². The lowest BCUT2D eigenvalue weighted by atomic mass is 10.0. The van der Waals surface area contributed by atoms with Crippen molar-refractivity contribution in [1.29, 1.82) is 0 Å². The van der Waals surface area contributed by atoms with Crippen molar-refractivity contribution in [2.45, 2.75) is 25.4 Å². The van der Waals surface area contributed by atoms with Crippen LogP contribution in [0.25, 0.3) is 0 Å². The van der Waals surface area contributed by atoms with Crippen molar-refractivity contribution in [3.05, 3.63) is 60.1 Å². The van der Waals surface area contributed by atoms with Crippen molar-refractivity contribution in [3.8, 4) is 0 Å². The summed E-state index contributed by atoms with van der Waals surface area (Å²) < 4.78 is 4.99. The third kappa shape index (κ3) is 3.96. The highest BCUT2D eigenvalue weighted by Crippen LogP contribution is 2.16. The van der Waals surface area contributed by atoms with Crippen molar-refractivity contribution in [1.82, 2.24) is 4.90 Å². The van der Waals surface area contributed by atoms with Crippen LogP contribution in [0.5, 0.6) is 0 Å². The summed E-state index contributed by atoms with van der Waals surface area (Å²) in [5, 5.41) is 0. The van der Waals surface area contributed by atoms with Crippen LogP contribution in [0.15, 0.2) is 53.3 Å². The Labute approximate surface area is 119 Å². The molecule has 0 aliphatic rings. The molecule has 0 saturated carbocycles. The lowest BCUT2D eigenvalue weighted by Gasteiger charge is -2.18. The van der Waals surface area contributed by atoms with Crippen LogP contribution in [0.1, 0.15) is 30.0 Å². The molecule has 4 nitrogen and oxygen atoms in total. The Hall–Kier alpha value is -2.07. The van der Waals surface area contributed by atoms with E-state index in [1.807, 2.05) is 36.4 Å². The van der Waals surface area contributed by atoms with Crippen molar-refractivity contribution in [2.24, 2.45) is 5.73 Å². The van der Waals surface area contributed by atoms with E-state index in [-0.39, 0.29) is 11.9 Å². The number of hydrogen-bond donors (Lipinski definition) is 1. The molecule has 0 fully saturated rings. The topological polar surface area (TPSA) is 59.5 Å². The summed E-state index contributed by atoms with van der Waals surface area (Å²) in [6.07, 6.45) is 4.36. The first kappa shape index (κ1) is 14.3. The average molecular weight is 272 g/mol. The normalized spacial score (nSPS) is 12.1. The third-order valence-corrected chi connectivity index (χ3v) is 3.32. The number of nitrogens with zero attached hydrogens (tertiary/aromatic N) is 1. The van der Waals surface area contributed by atoms with E-state index in [0.29, 0.717) is 19.4 Å². The van der Waals surface area contributed by atoms with Crippen molar-refractivity contribution >= 4 is 5.91 Å². The molecule has 0 aliphatic heterocycles. The fraction of sp³-hybridized carbons (Fsp3) is 0.312. The van der Waals surface area contributed by atoms with E-state index in [0.717, 1.165) is 11.1 Å². The quantitative estimate of drug-likeness (QED) is 0.879. The predicted octanol–water partition coefficient (Wildman–Crippen LogP) is 2.72. The number of rotatable bonds is 6. The number of carbonyl (C=O) groups excluding carboxylic acids is 1. The first-order chi connectivity index (χ1) is 9.66. The average Bonchev–Trinajstić information content (AvgIpc) is 2.98. The van der Waals surface area contributed by atoms with Crippen LogP contribution in [-0.2, 0) is 11.3 Å². The Bertz CT molecular complexity index is 523. The summed E-state index contributed by atoms with van der Waals surface area (Å²) in [6, 6.07) is 11.6. The van der Waals surface area contributed by atoms with Crippen LogP contribution in [0, 0.1) is 0 Å². The van der Waals surface area contributed by atoms with Crippen LogP contribution in [0.3, 0.4) is 0 Å². The van der Waals surface area contributed by atoms with Gasteiger partial charge in [-0.2, -0.15) is 0 Å². The Kier molecular flexibility index (Phi) is 4.96. The van der Waals surface area contributed by atoms with Gasteiger partial charge in [-0.25, -0.2) is 0 Å². The molecule has 0 saturated heterocycles. The lowest BCUT2D eigenvalue weighted by molar-refractivity contribution is -0.130. The van der Waals surface area contributed by atoms with Gasteiger partial charge in [0, 0.05) is 31.6 Å².